The molecule has 0 amide bonds. The zero-order valence-corrected chi connectivity index (χ0v) is 9.72. The van der Waals surface area contributed by atoms with Gasteiger partial charge in [0.05, 0.1) is 6.10 Å². The van der Waals surface area contributed by atoms with Crippen molar-refractivity contribution < 1.29 is 24.2 Å². The van der Waals surface area contributed by atoms with E-state index < -0.39 is 5.97 Å². The predicted molar refractivity (Wildman–Crippen MR) is 58.4 cm³/mol. The van der Waals surface area contributed by atoms with Gasteiger partial charge in [0.25, 0.3) is 0 Å². The smallest absolute Gasteiger partial charge is 0.330 e. The van der Waals surface area contributed by atoms with Gasteiger partial charge in [0.2, 0.25) is 0 Å². The third-order valence-corrected chi connectivity index (χ3v) is 3.38. The largest absolute Gasteiger partial charge is 0.480 e. The van der Waals surface area contributed by atoms with Gasteiger partial charge in [-0.2, -0.15) is 0 Å². The number of carboxylic acid groups (broad SMARTS) is 1. The molecule has 1 N–H and O–H groups in total. The molecular weight excluding hydrogens is 224 g/mol. The highest BCUT2D eigenvalue weighted by molar-refractivity contribution is 5.84. The van der Waals surface area contributed by atoms with Crippen molar-refractivity contribution in [3.8, 4) is 0 Å². The summed E-state index contributed by atoms with van der Waals surface area (Å²) in [7, 11) is 0. The van der Waals surface area contributed by atoms with Crippen LogP contribution in [-0.2, 0) is 19.1 Å². The number of carbonyl (C=O) groups is 2. The van der Waals surface area contributed by atoms with Crippen molar-refractivity contribution in [2.24, 2.45) is 5.92 Å². The molecule has 0 aromatic carbocycles. The van der Waals surface area contributed by atoms with Crippen LogP contribution in [-0.4, -0.2) is 35.9 Å². The van der Waals surface area contributed by atoms with Crippen LogP contribution in [0.3, 0.4) is 0 Å². The lowest BCUT2D eigenvalue weighted by atomic mass is 9.79. The Labute approximate surface area is 99.4 Å². The fourth-order valence-electron chi connectivity index (χ4n) is 2.56. The van der Waals surface area contributed by atoms with E-state index in [1.54, 1.807) is 6.08 Å². The molecule has 1 fully saturated rings. The fourth-order valence-corrected chi connectivity index (χ4v) is 2.56. The molecule has 94 valence electrons. The highest BCUT2D eigenvalue weighted by Gasteiger charge is 2.37. The zero-order chi connectivity index (χ0) is 12.4. The third kappa shape index (κ3) is 2.85. The van der Waals surface area contributed by atoms with Crippen LogP contribution in [0.1, 0.15) is 26.2 Å². The van der Waals surface area contributed by atoms with E-state index in [4.69, 9.17) is 14.6 Å². The summed E-state index contributed by atoms with van der Waals surface area (Å²) < 4.78 is 10.5. The Hall–Kier alpha value is -1.36. The van der Waals surface area contributed by atoms with E-state index in [1.807, 2.05) is 6.92 Å². The molecule has 2 aliphatic rings. The summed E-state index contributed by atoms with van der Waals surface area (Å²) in [6, 6.07) is 0. The number of hydrogen-bond acceptors (Lipinski definition) is 4. The summed E-state index contributed by atoms with van der Waals surface area (Å²) in [4.78, 5) is 21.7. The first-order valence-corrected chi connectivity index (χ1v) is 5.78. The van der Waals surface area contributed by atoms with Crippen molar-refractivity contribution in [2.45, 2.75) is 38.4 Å². The molecule has 5 heteroatoms. The van der Waals surface area contributed by atoms with E-state index in [0.29, 0.717) is 6.42 Å². The fraction of sp³-hybridized carbons (Fsp3) is 0.667. The molecular formula is C12H16O5. The van der Waals surface area contributed by atoms with Crippen molar-refractivity contribution in [3.05, 3.63) is 11.6 Å². The van der Waals surface area contributed by atoms with Gasteiger partial charge in [-0.3, -0.25) is 0 Å². The molecule has 0 aromatic heterocycles. The zero-order valence-electron chi connectivity index (χ0n) is 9.72. The maximum atomic E-state index is 11.3. The summed E-state index contributed by atoms with van der Waals surface area (Å²) in [5.74, 6) is -0.996. The average molecular weight is 240 g/mol. The normalized spacial score (nSPS) is 32.4. The van der Waals surface area contributed by atoms with Gasteiger partial charge >= 0.3 is 11.9 Å². The lowest BCUT2D eigenvalue weighted by Gasteiger charge is -2.37. The molecule has 3 unspecified atom stereocenters. The van der Waals surface area contributed by atoms with Gasteiger partial charge in [0.1, 0.15) is 12.7 Å². The quantitative estimate of drug-likeness (QED) is 0.748. The van der Waals surface area contributed by atoms with E-state index in [0.717, 1.165) is 18.4 Å². The molecule has 0 saturated heterocycles. The van der Waals surface area contributed by atoms with Crippen LogP contribution in [0.15, 0.2) is 11.6 Å². The number of rotatable bonds is 3. The van der Waals surface area contributed by atoms with Crippen molar-refractivity contribution in [1.29, 1.82) is 0 Å². The van der Waals surface area contributed by atoms with E-state index in [-0.39, 0.29) is 30.7 Å². The summed E-state index contributed by atoms with van der Waals surface area (Å²) in [6.07, 6.45) is 3.56. The summed E-state index contributed by atoms with van der Waals surface area (Å²) in [5, 5.41) is 8.54. The first-order chi connectivity index (χ1) is 8.06. The average Bonchev–Trinajstić information content (AvgIpc) is 2.25. The van der Waals surface area contributed by atoms with E-state index >= 15 is 0 Å². The van der Waals surface area contributed by atoms with Crippen molar-refractivity contribution in [1.82, 2.24) is 0 Å². The van der Waals surface area contributed by atoms with Gasteiger partial charge in [-0.15, -0.1) is 0 Å². The molecule has 1 aliphatic heterocycles. The minimum Gasteiger partial charge on any atom is -0.480 e. The monoisotopic (exact) mass is 240 g/mol. The Morgan fingerprint density at radius 2 is 2.35 bits per heavy atom. The van der Waals surface area contributed by atoms with Crippen LogP contribution >= 0.6 is 0 Å². The number of ether oxygens (including phenoxy) is 2. The minimum atomic E-state index is -0.969. The minimum absolute atomic E-state index is 0.119. The van der Waals surface area contributed by atoms with Gasteiger partial charge in [-0.05, 0) is 19.8 Å². The van der Waals surface area contributed by atoms with Crippen LogP contribution in [0.4, 0.5) is 0 Å². The Balaban J connectivity index is 1.94. The molecule has 3 atom stereocenters. The lowest BCUT2D eigenvalue weighted by molar-refractivity contribution is -0.156. The molecule has 1 heterocycles. The second-order valence-electron chi connectivity index (χ2n) is 4.61. The van der Waals surface area contributed by atoms with Crippen molar-refractivity contribution in [2.75, 3.05) is 6.61 Å². The van der Waals surface area contributed by atoms with Gasteiger partial charge in [0, 0.05) is 18.4 Å². The highest BCUT2D eigenvalue weighted by Crippen LogP contribution is 2.36. The SMILES string of the molecule is CC1=CC(=O)OC2CC(OCC(=O)O)CCC12. The van der Waals surface area contributed by atoms with Crippen LogP contribution in [0.25, 0.3) is 0 Å². The van der Waals surface area contributed by atoms with Crippen molar-refractivity contribution in [3.63, 3.8) is 0 Å². The molecule has 1 aliphatic carbocycles. The molecule has 1 saturated carbocycles. The van der Waals surface area contributed by atoms with Gasteiger partial charge in [0.15, 0.2) is 0 Å². The topological polar surface area (TPSA) is 72.8 Å². The highest BCUT2D eigenvalue weighted by atomic mass is 16.5. The van der Waals surface area contributed by atoms with E-state index in [2.05, 4.69) is 0 Å². The Bertz CT molecular complexity index is 360. The maximum absolute atomic E-state index is 11.3. The number of fused-ring (bicyclic) bond motifs is 1. The molecule has 2 rings (SSSR count). The molecule has 0 spiro atoms. The Kier molecular flexibility index (Phi) is 3.47. The van der Waals surface area contributed by atoms with Gasteiger partial charge in [-0.1, -0.05) is 5.57 Å². The number of aliphatic carboxylic acids is 1. The Morgan fingerprint density at radius 1 is 1.59 bits per heavy atom. The third-order valence-electron chi connectivity index (χ3n) is 3.38. The molecule has 0 bridgehead atoms. The molecule has 0 aromatic rings. The predicted octanol–water partition coefficient (Wildman–Crippen LogP) is 1.13. The number of hydrogen-bond donors (Lipinski definition) is 1. The molecule has 5 nitrogen and oxygen atoms in total. The van der Waals surface area contributed by atoms with Gasteiger partial charge in [-0.25, -0.2) is 9.59 Å². The van der Waals surface area contributed by atoms with Crippen LogP contribution in [0.5, 0.6) is 0 Å². The number of carboxylic acids is 1. The standard InChI is InChI=1S/C12H16O5/c1-7-4-12(15)17-10-5-8(2-3-9(7)10)16-6-11(13)14/h4,8-10H,2-3,5-6H2,1H3,(H,13,14). The molecule has 0 radical (unpaired) electrons. The van der Waals surface area contributed by atoms with E-state index in [9.17, 15) is 9.59 Å². The lowest BCUT2D eigenvalue weighted by Crippen LogP contribution is -2.40. The summed E-state index contributed by atoms with van der Waals surface area (Å²) >= 11 is 0. The number of carbonyl (C=O) groups excluding carboxylic acids is 1. The summed E-state index contributed by atoms with van der Waals surface area (Å²) in [6.45, 7) is 1.65. The Morgan fingerprint density at radius 3 is 3.06 bits per heavy atom. The van der Waals surface area contributed by atoms with Crippen LogP contribution < -0.4 is 0 Å². The second-order valence-corrected chi connectivity index (χ2v) is 4.61. The van der Waals surface area contributed by atoms with Gasteiger partial charge < -0.3 is 14.6 Å². The van der Waals surface area contributed by atoms with E-state index in [1.165, 1.54) is 0 Å². The summed E-state index contributed by atoms with van der Waals surface area (Å²) in [5.41, 5.74) is 1.06. The maximum Gasteiger partial charge on any atom is 0.330 e. The van der Waals surface area contributed by atoms with Crippen LogP contribution in [0.2, 0.25) is 0 Å². The first kappa shape index (κ1) is 12.1. The molecule has 17 heavy (non-hydrogen) atoms. The second kappa shape index (κ2) is 4.87. The number of esters is 1. The van der Waals surface area contributed by atoms with Crippen molar-refractivity contribution >= 4 is 11.9 Å². The van der Waals surface area contributed by atoms with Crippen LogP contribution in [0, 0.1) is 5.92 Å². The first-order valence-electron chi connectivity index (χ1n) is 5.78.